The molecule has 0 radical (unpaired) electrons. The van der Waals surface area contributed by atoms with Gasteiger partial charge in [-0.3, -0.25) is 4.79 Å². The normalized spacial score (nSPS) is 11.2. The lowest BCUT2D eigenvalue weighted by Gasteiger charge is -2.06. The maximum Gasteiger partial charge on any atom is 0.420 e. The van der Waals surface area contributed by atoms with E-state index in [1.165, 1.54) is 24.3 Å². The minimum absolute atomic E-state index is 0.106. The van der Waals surface area contributed by atoms with Crippen molar-refractivity contribution in [2.24, 2.45) is 0 Å². The molecule has 0 saturated heterocycles. The number of carbonyl (C=O) groups is 2. The van der Waals surface area contributed by atoms with E-state index in [1.807, 2.05) is 0 Å². The molecule has 0 fully saturated rings. The quantitative estimate of drug-likeness (QED) is 0.273. The number of esters is 1. The number of hydrogen-bond donors (Lipinski definition) is 1. The number of aliphatic hydroxyl groups is 1. The molecule has 6 nitrogen and oxygen atoms in total. The molecule has 1 unspecified atom stereocenters. The molecule has 1 N–H and O–H groups in total. The van der Waals surface area contributed by atoms with Gasteiger partial charge in [-0.25, -0.2) is 4.79 Å². The van der Waals surface area contributed by atoms with Gasteiger partial charge in [0.1, 0.15) is 6.29 Å². The van der Waals surface area contributed by atoms with Gasteiger partial charge in [-0.2, -0.15) is 4.79 Å². The molecule has 0 heterocycles. The van der Waals surface area contributed by atoms with Gasteiger partial charge in [-0.15, -0.1) is 0 Å². The summed E-state index contributed by atoms with van der Waals surface area (Å²) in [6.45, 7) is 1.70. The van der Waals surface area contributed by atoms with Gasteiger partial charge in [0, 0.05) is 5.56 Å². The molecule has 1 aromatic carbocycles. The van der Waals surface area contributed by atoms with E-state index >= 15 is 0 Å². The smallest absolute Gasteiger partial charge is 0.420 e. The molecule has 1 aromatic rings. The number of benzene rings is 1. The molecule has 6 heteroatoms. The van der Waals surface area contributed by atoms with Crippen LogP contribution in [0.5, 0.6) is 0 Å². The first-order valence-electron chi connectivity index (χ1n) is 5.26. The zero-order chi connectivity index (χ0) is 13.5. The molecule has 0 aliphatic rings. The maximum atomic E-state index is 11.4. The van der Waals surface area contributed by atoms with Crippen LogP contribution >= 0.6 is 0 Å². The van der Waals surface area contributed by atoms with Crippen LogP contribution in [0.15, 0.2) is 24.3 Å². The Labute approximate surface area is 103 Å². The summed E-state index contributed by atoms with van der Waals surface area (Å²) >= 11 is 0. The molecule has 1 atom stereocenters. The van der Waals surface area contributed by atoms with Gasteiger partial charge in [0.25, 0.3) is 0 Å². The monoisotopic (exact) mass is 248 g/mol. The first-order valence-corrected chi connectivity index (χ1v) is 5.26. The molecule has 0 aliphatic carbocycles. The summed E-state index contributed by atoms with van der Waals surface area (Å²) < 4.78 is 4.64. The lowest BCUT2D eigenvalue weighted by atomic mass is 10.0. The highest BCUT2D eigenvalue weighted by atomic mass is 16.5. The van der Waals surface area contributed by atoms with E-state index in [2.05, 4.69) is 9.53 Å². The topological polar surface area (TPSA) is 100 Å². The molecule has 1 rings (SSSR count). The van der Waals surface area contributed by atoms with Crippen molar-refractivity contribution in [3.63, 3.8) is 0 Å². The summed E-state index contributed by atoms with van der Waals surface area (Å²) in [6, 6.07) is 5.87. The van der Waals surface area contributed by atoms with Crippen molar-refractivity contribution in [1.29, 1.82) is 0 Å². The van der Waals surface area contributed by atoms with Gasteiger partial charge in [0.15, 0.2) is 6.10 Å². The van der Waals surface area contributed by atoms with Crippen molar-refractivity contribution in [3.8, 4) is 0 Å². The van der Waals surface area contributed by atoms with E-state index in [4.69, 9.17) is 5.53 Å². The average Bonchev–Trinajstić information content (AvgIpc) is 2.40. The van der Waals surface area contributed by atoms with E-state index in [0.29, 0.717) is 17.4 Å². The lowest BCUT2D eigenvalue weighted by molar-refractivity contribution is -0.141. The van der Waals surface area contributed by atoms with Crippen molar-refractivity contribution < 1.29 is 24.2 Å². The van der Waals surface area contributed by atoms with E-state index in [1.54, 1.807) is 6.92 Å². The van der Waals surface area contributed by atoms with Crippen LogP contribution in [0.2, 0.25) is 0 Å². The average molecular weight is 248 g/mol. The lowest BCUT2D eigenvalue weighted by Crippen LogP contribution is -2.25. The number of aldehydes is 1. The summed E-state index contributed by atoms with van der Waals surface area (Å²) in [5.74, 6) is -0.896. The van der Waals surface area contributed by atoms with Crippen molar-refractivity contribution in [2.45, 2.75) is 13.0 Å². The van der Waals surface area contributed by atoms with Crippen molar-refractivity contribution in [2.75, 3.05) is 6.61 Å². The van der Waals surface area contributed by atoms with Crippen LogP contribution in [-0.4, -0.2) is 34.5 Å². The maximum absolute atomic E-state index is 11.4. The Hall–Kier alpha value is -2.30. The fourth-order valence-electron chi connectivity index (χ4n) is 1.33. The molecular formula is C12H12N2O4. The van der Waals surface area contributed by atoms with Crippen molar-refractivity contribution in [1.82, 2.24) is 0 Å². The third kappa shape index (κ3) is 3.10. The molecule has 0 spiro atoms. The Morgan fingerprint density at radius 1 is 1.50 bits per heavy atom. The summed E-state index contributed by atoms with van der Waals surface area (Å²) in [6.07, 6.45) is -0.752. The number of ether oxygens (including phenoxy) is 1. The van der Waals surface area contributed by atoms with Gasteiger partial charge in [-0.05, 0) is 12.5 Å². The number of carbonyl (C=O) groups excluding carboxylic acids is 2. The van der Waals surface area contributed by atoms with Crippen LogP contribution in [0.25, 0.3) is 5.53 Å². The fourth-order valence-corrected chi connectivity index (χ4v) is 1.33. The van der Waals surface area contributed by atoms with Crippen LogP contribution in [0.1, 0.15) is 28.9 Å². The molecular weight excluding hydrogens is 236 g/mol. The van der Waals surface area contributed by atoms with Crippen LogP contribution < -0.4 is 0 Å². The van der Waals surface area contributed by atoms with Gasteiger partial charge in [0.2, 0.25) is 0 Å². The second-order valence-corrected chi connectivity index (χ2v) is 3.39. The molecule has 94 valence electrons. The second-order valence-electron chi connectivity index (χ2n) is 3.39. The summed E-state index contributed by atoms with van der Waals surface area (Å²) in [5, 5.41) is 9.86. The number of aliphatic hydroxyl groups excluding tert-OH is 1. The Bertz CT molecular complexity index is 489. The highest BCUT2D eigenvalue weighted by Crippen LogP contribution is 2.15. The zero-order valence-corrected chi connectivity index (χ0v) is 9.74. The van der Waals surface area contributed by atoms with Crippen LogP contribution in [-0.2, 0) is 9.53 Å². The Morgan fingerprint density at radius 3 is 2.56 bits per heavy atom. The van der Waals surface area contributed by atoms with Crippen molar-refractivity contribution >= 4 is 18.0 Å². The summed E-state index contributed by atoms with van der Waals surface area (Å²) in [7, 11) is 0. The van der Waals surface area contributed by atoms with Gasteiger partial charge in [0.05, 0.1) is 6.61 Å². The summed E-state index contributed by atoms with van der Waals surface area (Å²) in [4.78, 5) is 24.6. The molecule has 0 aromatic heterocycles. The third-order valence-corrected chi connectivity index (χ3v) is 2.24. The van der Waals surface area contributed by atoms with Gasteiger partial charge >= 0.3 is 11.7 Å². The van der Waals surface area contributed by atoms with E-state index in [-0.39, 0.29) is 6.61 Å². The molecule has 0 bridgehead atoms. The first kappa shape index (κ1) is 13.8. The first-order chi connectivity index (χ1) is 8.63. The third-order valence-electron chi connectivity index (χ3n) is 2.24. The SMILES string of the molecule is CCOC(=O)C(=[N+]=[N-])C(O)c1ccc(C=O)cc1. The summed E-state index contributed by atoms with van der Waals surface area (Å²) in [5.41, 5.74) is 8.98. The number of rotatable bonds is 5. The van der Waals surface area contributed by atoms with Crippen LogP contribution in [0.4, 0.5) is 0 Å². The Morgan fingerprint density at radius 2 is 2.11 bits per heavy atom. The van der Waals surface area contributed by atoms with Crippen molar-refractivity contribution in [3.05, 3.63) is 40.9 Å². The largest absolute Gasteiger partial charge is 0.457 e. The van der Waals surface area contributed by atoms with E-state index in [0.717, 1.165) is 0 Å². The fraction of sp³-hybridized carbons (Fsp3) is 0.250. The van der Waals surface area contributed by atoms with Crippen LogP contribution in [0, 0.1) is 0 Å². The standard InChI is InChI=1S/C12H12N2O4/c1-2-18-12(17)10(14-13)11(16)9-5-3-8(7-15)4-6-9/h3-7,11,16H,2H2,1H3. The minimum Gasteiger partial charge on any atom is -0.457 e. The van der Waals surface area contributed by atoms with E-state index in [9.17, 15) is 14.7 Å². The predicted octanol–water partition coefficient (Wildman–Crippen LogP) is 0.766. The molecule has 0 amide bonds. The Balaban J connectivity index is 2.96. The van der Waals surface area contributed by atoms with Gasteiger partial charge in [-0.1, -0.05) is 24.3 Å². The number of nitrogens with zero attached hydrogens (tertiary/aromatic N) is 2. The minimum atomic E-state index is -1.41. The van der Waals surface area contributed by atoms with Gasteiger partial charge < -0.3 is 15.4 Å². The highest BCUT2D eigenvalue weighted by Gasteiger charge is 2.32. The molecule has 0 aliphatic heterocycles. The molecule has 18 heavy (non-hydrogen) atoms. The highest BCUT2D eigenvalue weighted by molar-refractivity contribution is 6.35. The van der Waals surface area contributed by atoms with Crippen LogP contribution in [0.3, 0.4) is 0 Å². The van der Waals surface area contributed by atoms with E-state index < -0.39 is 17.8 Å². The predicted molar refractivity (Wildman–Crippen MR) is 62.0 cm³/mol. The zero-order valence-electron chi connectivity index (χ0n) is 9.74. The Kier molecular flexibility index (Phi) is 4.92. The second kappa shape index (κ2) is 6.44. The molecule has 0 saturated carbocycles. The number of hydrogen-bond acceptors (Lipinski definition) is 4.